The largest absolute Gasteiger partial charge is 0.379 e. The Morgan fingerprint density at radius 1 is 1.27 bits per heavy atom. The van der Waals surface area contributed by atoms with Crippen LogP contribution in [0.2, 0.25) is 0 Å². The molecule has 22 heavy (non-hydrogen) atoms. The number of aromatic nitrogens is 2. The molecule has 130 valence electrons. The molecule has 7 heteroatoms. The molecule has 0 aromatic carbocycles. The summed E-state index contributed by atoms with van der Waals surface area (Å²) in [7, 11) is 0. The molecule has 0 saturated carbocycles. The van der Waals surface area contributed by atoms with Crippen LogP contribution in [-0.2, 0) is 17.8 Å². The first kappa shape index (κ1) is 21.7. The van der Waals surface area contributed by atoms with Gasteiger partial charge in [-0.1, -0.05) is 13.8 Å². The van der Waals surface area contributed by atoms with Gasteiger partial charge in [-0.3, -0.25) is 9.58 Å². The minimum atomic E-state index is 0. The maximum absolute atomic E-state index is 5.35. The Hall–Kier alpha value is -0.330. The van der Waals surface area contributed by atoms with Gasteiger partial charge in [0.25, 0.3) is 0 Å². The Kier molecular flexibility index (Phi) is 12.0. The van der Waals surface area contributed by atoms with Gasteiger partial charge in [-0.15, -0.1) is 24.8 Å². The maximum Gasteiger partial charge on any atom is 0.0594 e. The lowest BCUT2D eigenvalue weighted by Crippen LogP contribution is -2.37. The third-order valence-electron chi connectivity index (χ3n) is 3.50. The van der Waals surface area contributed by atoms with Crippen molar-refractivity contribution in [3.63, 3.8) is 0 Å². The summed E-state index contributed by atoms with van der Waals surface area (Å²) in [6, 6.07) is 0. The van der Waals surface area contributed by atoms with Crippen molar-refractivity contribution >= 4 is 24.8 Å². The van der Waals surface area contributed by atoms with Crippen molar-refractivity contribution < 1.29 is 4.74 Å². The van der Waals surface area contributed by atoms with Crippen molar-refractivity contribution in [3.05, 3.63) is 18.0 Å². The first-order chi connectivity index (χ1) is 9.74. The number of hydrogen-bond donors (Lipinski definition) is 1. The van der Waals surface area contributed by atoms with Crippen molar-refractivity contribution in [1.29, 1.82) is 0 Å². The van der Waals surface area contributed by atoms with E-state index in [1.165, 1.54) is 18.5 Å². The van der Waals surface area contributed by atoms with Crippen LogP contribution in [0.5, 0.6) is 0 Å². The van der Waals surface area contributed by atoms with Crippen molar-refractivity contribution in [2.45, 2.75) is 33.4 Å². The van der Waals surface area contributed by atoms with Crippen LogP contribution in [0.3, 0.4) is 0 Å². The summed E-state index contributed by atoms with van der Waals surface area (Å²) >= 11 is 0. The molecule has 5 nitrogen and oxygen atoms in total. The van der Waals surface area contributed by atoms with Gasteiger partial charge in [0, 0.05) is 37.9 Å². The monoisotopic (exact) mass is 352 g/mol. The Labute approximate surface area is 146 Å². The molecule has 0 unspecified atom stereocenters. The van der Waals surface area contributed by atoms with Gasteiger partial charge in [0.2, 0.25) is 0 Å². The molecule has 2 rings (SSSR count). The average Bonchev–Trinajstić information content (AvgIpc) is 2.86. The van der Waals surface area contributed by atoms with E-state index in [-0.39, 0.29) is 24.8 Å². The van der Waals surface area contributed by atoms with E-state index < -0.39 is 0 Å². The van der Waals surface area contributed by atoms with Crippen molar-refractivity contribution in [2.75, 3.05) is 39.4 Å². The number of nitrogens with one attached hydrogen (secondary N) is 1. The molecule has 0 bridgehead atoms. The SMILES string of the molecule is CC(C)Cn1cc(CNCCCN2CCOCC2)cn1.Cl.Cl. The summed E-state index contributed by atoms with van der Waals surface area (Å²) in [4.78, 5) is 2.48. The highest BCUT2D eigenvalue weighted by atomic mass is 35.5. The maximum atomic E-state index is 5.35. The van der Waals surface area contributed by atoms with E-state index in [0.717, 1.165) is 45.9 Å². The van der Waals surface area contributed by atoms with Crippen LogP contribution in [0.4, 0.5) is 0 Å². The first-order valence-electron chi connectivity index (χ1n) is 7.76. The summed E-state index contributed by atoms with van der Waals surface area (Å²) < 4.78 is 7.39. The molecule has 0 aliphatic carbocycles. The molecule has 1 N–H and O–H groups in total. The standard InChI is InChI=1S/C15H28N4O.2ClH/c1-14(2)12-19-13-15(11-17-19)10-16-4-3-5-18-6-8-20-9-7-18;;/h11,13-14,16H,3-10,12H2,1-2H3;2*1H. The third-order valence-corrected chi connectivity index (χ3v) is 3.50. The van der Waals surface area contributed by atoms with Crippen molar-refractivity contribution in [3.8, 4) is 0 Å². The second-order valence-corrected chi connectivity index (χ2v) is 5.95. The number of rotatable bonds is 8. The lowest BCUT2D eigenvalue weighted by molar-refractivity contribution is 0.0374. The Balaban J connectivity index is 0.00000220. The molecule has 2 heterocycles. The zero-order valence-corrected chi connectivity index (χ0v) is 15.3. The van der Waals surface area contributed by atoms with Crippen molar-refractivity contribution in [1.82, 2.24) is 20.0 Å². The molecule has 0 amide bonds. The zero-order chi connectivity index (χ0) is 14.2. The molecular formula is C15H30Cl2N4O. The van der Waals surface area contributed by atoms with E-state index in [1.54, 1.807) is 0 Å². The minimum absolute atomic E-state index is 0. The van der Waals surface area contributed by atoms with Crippen LogP contribution in [0.15, 0.2) is 12.4 Å². The number of morpholine rings is 1. The highest BCUT2D eigenvalue weighted by molar-refractivity contribution is 5.85. The van der Waals surface area contributed by atoms with Gasteiger partial charge in [-0.2, -0.15) is 5.10 Å². The van der Waals surface area contributed by atoms with Crippen LogP contribution in [0, 0.1) is 5.92 Å². The number of ether oxygens (including phenoxy) is 1. The average molecular weight is 353 g/mol. The predicted octanol–water partition coefficient (Wildman–Crippen LogP) is 2.19. The first-order valence-corrected chi connectivity index (χ1v) is 7.76. The molecule has 0 spiro atoms. The molecule has 1 aliphatic heterocycles. The van der Waals surface area contributed by atoms with Crippen LogP contribution in [0.25, 0.3) is 0 Å². The number of halogens is 2. The van der Waals surface area contributed by atoms with E-state index in [0.29, 0.717) is 5.92 Å². The summed E-state index contributed by atoms with van der Waals surface area (Å²) in [5.74, 6) is 0.643. The summed E-state index contributed by atoms with van der Waals surface area (Å²) in [5, 5.41) is 7.88. The van der Waals surface area contributed by atoms with Gasteiger partial charge in [0.1, 0.15) is 0 Å². The predicted molar refractivity (Wildman–Crippen MR) is 95.1 cm³/mol. The Morgan fingerprint density at radius 2 is 2.00 bits per heavy atom. The fourth-order valence-corrected chi connectivity index (χ4v) is 2.46. The Bertz CT molecular complexity index is 381. The minimum Gasteiger partial charge on any atom is -0.379 e. The molecule has 1 aromatic rings. The van der Waals surface area contributed by atoms with E-state index in [9.17, 15) is 0 Å². The normalized spacial score (nSPS) is 15.4. The topological polar surface area (TPSA) is 42.3 Å². The van der Waals surface area contributed by atoms with Crippen LogP contribution in [0.1, 0.15) is 25.8 Å². The van der Waals surface area contributed by atoms with E-state index in [1.807, 2.05) is 10.9 Å². The summed E-state index contributed by atoms with van der Waals surface area (Å²) in [6.45, 7) is 12.5. The molecular weight excluding hydrogens is 323 g/mol. The van der Waals surface area contributed by atoms with E-state index >= 15 is 0 Å². The summed E-state index contributed by atoms with van der Waals surface area (Å²) in [6.07, 6.45) is 5.31. The van der Waals surface area contributed by atoms with E-state index in [4.69, 9.17) is 4.74 Å². The molecule has 0 atom stereocenters. The quantitative estimate of drug-likeness (QED) is 0.728. The van der Waals surface area contributed by atoms with Crippen LogP contribution >= 0.6 is 24.8 Å². The smallest absolute Gasteiger partial charge is 0.0594 e. The second kappa shape index (κ2) is 12.1. The number of hydrogen-bond acceptors (Lipinski definition) is 4. The van der Waals surface area contributed by atoms with Crippen molar-refractivity contribution in [2.24, 2.45) is 5.92 Å². The van der Waals surface area contributed by atoms with Crippen LogP contribution < -0.4 is 5.32 Å². The fraction of sp³-hybridized carbons (Fsp3) is 0.800. The molecule has 1 saturated heterocycles. The highest BCUT2D eigenvalue weighted by Gasteiger charge is 2.08. The highest BCUT2D eigenvalue weighted by Crippen LogP contribution is 2.02. The van der Waals surface area contributed by atoms with Gasteiger partial charge in [0.05, 0.1) is 19.4 Å². The van der Waals surface area contributed by atoms with Gasteiger partial charge < -0.3 is 10.1 Å². The second-order valence-electron chi connectivity index (χ2n) is 5.95. The van der Waals surface area contributed by atoms with Gasteiger partial charge >= 0.3 is 0 Å². The van der Waals surface area contributed by atoms with E-state index in [2.05, 4.69) is 35.4 Å². The third kappa shape index (κ3) is 8.34. The fourth-order valence-electron chi connectivity index (χ4n) is 2.46. The Morgan fingerprint density at radius 3 is 2.68 bits per heavy atom. The molecule has 1 aromatic heterocycles. The number of nitrogens with zero attached hydrogens (tertiary/aromatic N) is 3. The van der Waals surface area contributed by atoms with Crippen LogP contribution in [-0.4, -0.2) is 54.1 Å². The summed E-state index contributed by atoms with van der Waals surface area (Å²) in [5.41, 5.74) is 1.28. The molecule has 1 fully saturated rings. The zero-order valence-electron chi connectivity index (χ0n) is 13.7. The van der Waals surface area contributed by atoms with Gasteiger partial charge in [-0.05, 0) is 25.4 Å². The molecule has 1 aliphatic rings. The lowest BCUT2D eigenvalue weighted by atomic mass is 10.2. The lowest BCUT2D eigenvalue weighted by Gasteiger charge is -2.26. The van der Waals surface area contributed by atoms with Gasteiger partial charge in [0.15, 0.2) is 0 Å². The molecule has 0 radical (unpaired) electrons. The van der Waals surface area contributed by atoms with Gasteiger partial charge in [-0.25, -0.2) is 0 Å².